The molecule has 0 amide bonds. The number of rotatable bonds is 5. The van der Waals surface area contributed by atoms with Gasteiger partial charge in [-0.05, 0) is 50.6 Å². The highest BCUT2D eigenvalue weighted by Crippen LogP contribution is 2.26. The number of halogens is 2. The van der Waals surface area contributed by atoms with Crippen LogP contribution in [0.25, 0.3) is 11.3 Å². The van der Waals surface area contributed by atoms with Crippen LogP contribution in [0.5, 0.6) is 0 Å². The van der Waals surface area contributed by atoms with E-state index in [9.17, 15) is 4.39 Å². The van der Waals surface area contributed by atoms with Crippen molar-refractivity contribution >= 4 is 11.6 Å². The van der Waals surface area contributed by atoms with E-state index in [1.54, 1.807) is 12.1 Å². The summed E-state index contributed by atoms with van der Waals surface area (Å²) in [6.45, 7) is 7.10. The molecule has 108 valence electrons. The van der Waals surface area contributed by atoms with Gasteiger partial charge in [-0.2, -0.15) is 0 Å². The van der Waals surface area contributed by atoms with E-state index in [-0.39, 0.29) is 10.6 Å². The van der Waals surface area contributed by atoms with Gasteiger partial charge in [0, 0.05) is 11.1 Å². The summed E-state index contributed by atoms with van der Waals surface area (Å²) in [5.74, 6) is 1.12. The highest BCUT2D eigenvalue weighted by molar-refractivity contribution is 6.31. The van der Waals surface area contributed by atoms with Gasteiger partial charge in [0.1, 0.15) is 17.3 Å². The normalized spacial score (nSPS) is 11.8. The van der Waals surface area contributed by atoms with Gasteiger partial charge in [-0.15, -0.1) is 0 Å². The third-order valence-corrected chi connectivity index (χ3v) is 3.78. The lowest BCUT2D eigenvalue weighted by Crippen LogP contribution is -2.37. The number of furan rings is 1. The van der Waals surface area contributed by atoms with Gasteiger partial charge < -0.3 is 9.73 Å². The first-order valence-electron chi connectivity index (χ1n) is 6.70. The molecule has 0 aliphatic heterocycles. The van der Waals surface area contributed by atoms with Gasteiger partial charge >= 0.3 is 0 Å². The zero-order valence-corrected chi connectivity index (χ0v) is 12.7. The van der Waals surface area contributed by atoms with Gasteiger partial charge in [0.05, 0.1) is 11.6 Å². The Labute approximate surface area is 123 Å². The molecule has 0 saturated carbocycles. The van der Waals surface area contributed by atoms with Crippen LogP contribution in [0, 0.1) is 5.82 Å². The largest absolute Gasteiger partial charge is 0.460 e. The second-order valence-corrected chi connectivity index (χ2v) is 5.89. The lowest BCUT2D eigenvalue weighted by atomic mass is 10.0. The summed E-state index contributed by atoms with van der Waals surface area (Å²) < 4.78 is 18.9. The molecule has 0 atom stereocenters. The Hall–Kier alpha value is -1.32. The van der Waals surface area contributed by atoms with Crippen LogP contribution in [0.1, 0.15) is 33.0 Å². The van der Waals surface area contributed by atoms with E-state index in [4.69, 9.17) is 16.0 Å². The Morgan fingerprint density at radius 2 is 2.00 bits per heavy atom. The first kappa shape index (κ1) is 15.1. The summed E-state index contributed by atoms with van der Waals surface area (Å²) in [5.41, 5.74) is 0.851. The average Bonchev–Trinajstić information content (AvgIpc) is 2.89. The summed E-state index contributed by atoms with van der Waals surface area (Å²) in [5, 5.41) is 3.53. The Kier molecular flexibility index (Phi) is 4.51. The number of hydrogen-bond acceptors (Lipinski definition) is 2. The van der Waals surface area contributed by atoms with Crippen molar-refractivity contribution in [3.05, 3.63) is 46.9 Å². The molecule has 0 unspecified atom stereocenters. The molecule has 1 aromatic heterocycles. The molecule has 0 spiro atoms. The standard InChI is InChI=1S/C16H19ClFNO/c1-4-16(2,3)19-10-12-6-8-15(20-12)11-5-7-14(18)13(17)9-11/h5-9,19H,4,10H2,1-3H3. The summed E-state index contributed by atoms with van der Waals surface area (Å²) in [6.07, 6.45) is 1.04. The van der Waals surface area contributed by atoms with Gasteiger partial charge in [-0.3, -0.25) is 0 Å². The van der Waals surface area contributed by atoms with Gasteiger partial charge in [0.2, 0.25) is 0 Å². The molecule has 0 aliphatic carbocycles. The molecule has 2 aromatic rings. The maximum atomic E-state index is 13.1. The number of benzene rings is 1. The maximum Gasteiger partial charge on any atom is 0.141 e. The van der Waals surface area contributed by atoms with Crippen LogP contribution in [-0.4, -0.2) is 5.54 Å². The van der Waals surface area contributed by atoms with Crippen LogP contribution in [0.4, 0.5) is 4.39 Å². The van der Waals surface area contributed by atoms with Crippen molar-refractivity contribution in [1.82, 2.24) is 5.32 Å². The Morgan fingerprint density at radius 3 is 2.65 bits per heavy atom. The second kappa shape index (κ2) is 5.98. The third-order valence-electron chi connectivity index (χ3n) is 3.49. The predicted octanol–water partition coefficient (Wildman–Crippen LogP) is 5.02. The fourth-order valence-corrected chi connectivity index (χ4v) is 1.91. The summed E-state index contributed by atoms with van der Waals surface area (Å²) >= 11 is 5.78. The molecular formula is C16H19ClFNO. The van der Waals surface area contributed by atoms with Crippen molar-refractivity contribution < 1.29 is 8.81 Å². The number of nitrogens with one attached hydrogen (secondary N) is 1. The fourth-order valence-electron chi connectivity index (χ4n) is 1.73. The first-order chi connectivity index (χ1) is 9.41. The minimum atomic E-state index is -0.423. The molecule has 1 aromatic carbocycles. The fraction of sp³-hybridized carbons (Fsp3) is 0.375. The summed E-state index contributed by atoms with van der Waals surface area (Å²) in [7, 11) is 0. The monoisotopic (exact) mass is 295 g/mol. The predicted molar refractivity (Wildman–Crippen MR) is 80.3 cm³/mol. The third kappa shape index (κ3) is 3.62. The average molecular weight is 296 g/mol. The molecule has 0 radical (unpaired) electrons. The molecular weight excluding hydrogens is 277 g/mol. The quantitative estimate of drug-likeness (QED) is 0.838. The molecule has 2 rings (SSSR count). The van der Waals surface area contributed by atoms with Crippen LogP contribution in [0.2, 0.25) is 5.02 Å². The van der Waals surface area contributed by atoms with E-state index >= 15 is 0 Å². The lowest BCUT2D eigenvalue weighted by Gasteiger charge is -2.23. The minimum absolute atomic E-state index is 0.0755. The van der Waals surface area contributed by atoms with Gasteiger partial charge in [-0.1, -0.05) is 18.5 Å². The topological polar surface area (TPSA) is 25.2 Å². The molecule has 1 N–H and O–H groups in total. The molecule has 1 heterocycles. The van der Waals surface area contributed by atoms with E-state index in [0.29, 0.717) is 12.3 Å². The minimum Gasteiger partial charge on any atom is -0.460 e. The first-order valence-corrected chi connectivity index (χ1v) is 7.08. The Morgan fingerprint density at radius 1 is 1.25 bits per heavy atom. The Balaban J connectivity index is 2.10. The molecule has 0 saturated heterocycles. The highest BCUT2D eigenvalue weighted by Gasteiger charge is 2.15. The maximum absolute atomic E-state index is 13.1. The van der Waals surface area contributed by atoms with Crippen LogP contribution in [-0.2, 0) is 6.54 Å². The smallest absolute Gasteiger partial charge is 0.141 e. The zero-order chi connectivity index (χ0) is 14.8. The van der Waals surface area contributed by atoms with Crippen LogP contribution >= 0.6 is 11.6 Å². The molecule has 0 fully saturated rings. The second-order valence-electron chi connectivity index (χ2n) is 5.49. The van der Waals surface area contributed by atoms with Crippen molar-refractivity contribution in [2.75, 3.05) is 0 Å². The number of hydrogen-bond donors (Lipinski definition) is 1. The van der Waals surface area contributed by atoms with E-state index in [2.05, 4.69) is 26.1 Å². The molecule has 20 heavy (non-hydrogen) atoms. The van der Waals surface area contributed by atoms with Crippen molar-refractivity contribution in [1.29, 1.82) is 0 Å². The van der Waals surface area contributed by atoms with Gasteiger partial charge in [-0.25, -0.2) is 4.39 Å². The van der Waals surface area contributed by atoms with E-state index in [0.717, 1.165) is 17.7 Å². The van der Waals surface area contributed by atoms with Crippen molar-refractivity contribution in [2.45, 2.75) is 39.3 Å². The van der Waals surface area contributed by atoms with Gasteiger partial charge in [0.15, 0.2) is 0 Å². The van der Waals surface area contributed by atoms with Crippen LogP contribution < -0.4 is 5.32 Å². The summed E-state index contributed by atoms with van der Waals surface area (Å²) in [6, 6.07) is 8.37. The molecule has 0 bridgehead atoms. The molecule has 0 aliphatic rings. The van der Waals surface area contributed by atoms with Crippen LogP contribution in [0.15, 0.2) is 34.7 Å². The highest BCUT2D eigenvalue weighted by atomic mass is 35.5. The zero-order valence-electron chi connectivity index (χ0n) is 12.0. The van der Waals surface area contributed by atoms with Crippen molar-refractivity contribution in [2.24, 2.45) is 0 Å². The van der Waals surface area contributed by atoms with Crippen molar-refractivity contribution in [3.63, 3.8) is 0 Å². The van der Waals surface area contributed by atoms with E-state index in [1.165, 1.54) is 6.07 Å². The van der Waals surface area contributed by atoms with Crippen LogP contribution in [0.3, 0.4) is 0 Å². The van der Waals surface area contributed by atoms with E-state index in [1.807, 2.05) is 12.1 Å². The van der Waals surface area contributed by atoms with Crippen molar-refractivity contribution in [3.8, 4) is 11.3 Å². The SMILES string of the molecule is CCC(C)(C)NCc1ccc(-c2ccc(F)c(Cl)c2)o1. The van der Waals surface area contributed by atoms with E-state index < -0.39 is 5.82 Å². The summed E-state index contributed by atoms with van der Waals surface area (Å²) in [4.78, 5) is 0. The molecule has 4 heteroatoms. The lowest BCUT2D eigenvalue weighted by molar-refractivity contribution is 0.353. The molecule has 2 nitrogen and oxygen atoms in total. The Bertz CT molecular complexity index is 592. The van der Waals surface area contributed by atoms with Gasteiger partial charge in [0.25, 0.3) is 0 Å².